The van der Waals surface area contributed by atoms with E-state index < -0.39 is 0 Å². The molecule has 1 aromatic heterocycles. The first kappa shape index (κ1) is 14.8. The molecule has 21 heavy (non-hydrogen) atoms. The molecule has 1 unspecified atom stereocenters. The van der Waals surface area contributed by atoms with Gasteiger partial charge in [-0.2, -0.15) is 0 Å². The average Bonchev–Trinajstić information content (AvgIpc) is 2.83. The average molecular weight is 311 g/mol. The maximum absolute atomic E-state index is 13.3. The third-order valence-corrected chi connectivity index (χ3v) is 4.25. The Morgan fingerprint density at radius 2 is 2.29 bits per heavy atom. The van der Waals surface area contributed by atoms with Gasteiger partial charge in [0.25, 0.3) is 0 Å². The number of rotatable bonds is 5. The zero-order chi connectivity index (χ0) is 14.7. The van der Waals surface area contributed by atoms with Gasteiger partial charge >= 0.3 is 0 Å². The number of aromatic nitrogens is 2. The first-order valence-corrected chi connectivity index (χ1v) is 8.13. The van der Waals surface area contributed by atoms with E-state index in [2.05, 4.69) is 9.55 Å². The minimum absolute atomic E-state index is 0.250. The molecule has 0 saturated carbocycles. The van der Waals surface area contributed by atoms with Crippen LogP contribution in [0.15, 0.2) is 18.2 Å². The summed E-state index contributed by atoms with van der Waals surface area (Å²) < 4.78 is 21.3. The predicted molar refractivity (Wildman–Crippen MR) is 82.3 cm³/mol. The number of alkyl halides is 1. The van der Waals surface area contributed by atoms with E-state index in [1.165, 1.54) is 25.0 Å². The third kappa shape index (κ3) is 3.38. The van der Waals surface area contributed by atoms with Gasteiger partial charge in [0.2, 0.25) is 0 Å². The highest BCUT2D eigenvalue weighted by atomic mass is 35.5. The van der Waals surface area contributed by atoms with E-state index in [4.69, 9.17) is 16.3 Å². The van der Waals surface area contributed by atoms with Crippen LogP contribution in [0.5, 0.6) is 0 Å². The van der Waals surface area contributed by atoms with Gasteiger partial charge in [-0.1, -0.05) is 0 Å². The highest BCUT2D eigenvalue weighted by Crippen LogP contribution is 2.21. The number of hydrogen-bond acceptors (Lipinski definition) is 2. The van der Waals surface area contributed by atoms with Gasteiger partial charge in [-0.05, 0) is 37.8 Å². The van der Waals surface area contributed by atoms with Crippen LogP contribution in [0.4, 0.5) is 4.39 Å². The van der Waals surface area contributed by atoms with Gasteiger partial charge in [0.05, 0.1) is 17.1 Å². The minimum Gasteiger partial charge on any atom is -0.378 e. The molecule has 0 radical (unpaired) electrons. The van der Waals surface area contributed by atoms with Crippen LogP contribution in [-0.4, -0.2) is 28.1 Å². The Morgan fingerprint density at radius 3 is 3.05 bits per heavy atom. The van der Waals surface area contributed by atoms with E-state index in [-0.39, 0.29) is 5.82 Å². The number of hydrogen-bond donors (Lipinski definition) is 0. The van der Waals surface area contributed by atoms with Crippen molar-refractivity contribution >= 4 is 22.6 Å². The SMILES string of the molecule is Fc1ccc2c(c1)nc(CCCl)n2CCC1CCCCO1. The molecule has 114 valence electrons. The van der Waals surface area contributed by atoms with E-state index in [0.29, 0.717) is 23.9 Å². The molecule has 1 aliphatic rings. The van der Waals surface area contributed by atoms with Gasteiger partial charge in [-0.3, -0.25) is 0 Å². The molecule has 3 nitrogen and oxygen atoms in total. The summed E-state index contributed by atoms with van der Waals surface area (Å²) in [5, 5.41) is 0. The van der Waals surface area contributed by atoms with Crippen molar-refractivity contribution in [2.45, 2.75) is 44.8 Å². The van der Waals surface area contributed by atoms with E-state index in [9.17, 15) is 4.39 Å². The summed E-state index contributed by atoms with van der Waals surface area (Å²) in [6.45, 7) is 1.72. The van der Waals surface area contributed by atoms with Gasteiger partial charge in [0.15, 0.2) is 0 Å². The second kappa shape index (κ2) is 6.75. The Labute approximate surface area is 129 Å². The Bertz CT molecular complexity index is 608. The van der Waals surface area contributed by atoms with Crippen LogP contribution in [0.1, 0.15) is 31.5 Å². The summed E-state index contributed by atoms with van der Waals surface area (Å²) >= 11 is 5.86. The summed E-state index contributed by atoms with van der Waals surface area (Å²) in [7, 11) is 0. The van der Waals surface area contributed by atoms with E-state index in [1.807, 2.05) is 0 Å². The van der Waals surface area contributed by atoms with Crippen molar-refractivity contribution in [3.05, 3.63) is 29.8 Å². The Hall–Kier alpha value is -1.13. The Kier molecular flexibility index (Phi) is 4.76. The lowest BCUT2D eigenvalue weighted by Crippen LogP contribution is -2.21. The molecular weight excluding hydrogens is 291 g/mol. The quantitative estimate of drug-likeness (QED) is 0.783. The fourth-order valence-electron chi connectivity index (χ4n) is 2.99. The zero-order valence-electron chi connectivity index (χ0n) is 12.0. The van der Waals surface area contributed by atoms with Gasteiger partial charge in [-0.25, -0.2) is 9.37 Å². The maximum Gasteiger partial charge on any atom is 0.125 e. The fourth-order valence-corrected chi connectivity index (χ4v) is 3.15. The zero-order valence-corrected chi connectivity index (χ0v) is 12.8. The normalized spacial score (nSPS) is 19.2. The molecule has 2 heterocycles. The van der Waals surface area contributed by atoms with Crippen molar-refractivity contribution < 1.29 is 9.13 Å². The molecule has 5 heteroatoms. The molecule has 1 aliphatic heterocycles. The number of imidazole rings is 1. The fraction of sp³-hybridized carbons (Fsp3) is 0.562. The van der Waals surface area contributed by atoms with Gasteiger partial charge in [0.1, 0.15) is 11.6 Å². The molecule has 1 saturated heterocycles. The monoisotopic (exact) mass is 310 g/mol. The molecule has 2 aromatic rings. The Morgan fingerprint density at radius 1 is 1.38 bits per heavy atom. The van der Waals surface area contributed by atoms with Crippen LogP contribution >= 0.6 is 11.6 Å². The number of fused-ring (bicyclic) bond motifs is 1. The van der Waals surface area contributed by atoms with Crippen molar-refractivity contribution in [1.82, 2.24) is 9.55 Å². The maximum atomic E-state index is 13.3. The van der Waals surface area contributed by atoms with Crippen molar-refractivity contribution in [3.63, 3.8) is 0 Å². The molecule has 0 spiro atoms. The third-order valence-electron chi connectivity index (χ3n) is 4.06. The lowest BCUT2D eigenvalue weighted by molar-refractivity contribution is 0.00887. The number of halogens is 2. The van der Waals surface area contributed by atoms with E-state index >= 15 is 0 Å². The molecule has 0 amide bonds. The molecule has 0 bridgehead atoms. The summed E-state index contributed by atoms with van der Waals surface area (Å²) in [6, 6.07) is 4.78. The molecule has 0 aliphatic carbocycles. The number of ether oxygens (including phenoxy) is 1. The topological polar surface area (TPSA) is 27.1 Å². The van der Waals surface area contributed by atoms with Gasteiger partial charge in [-0.15, -0.1) is 11.6 Å². The van der Waals surface area contributed by atoms with Crippen molar-refractivity contribution in [2.24, 2.45) is 0 Å². The van der Waals surface area contributed by atoms with Gasteiger partial charge < -0.3 is 9.30 Å². The molecule has 1 atom stereocenters. The second-order valence-electron chi connectivity index (χ2n) is 5.53. The molecule has 1 aromatic carbocycles. The first-order valence-electron chi connectivity index (χ1n) is 7.60. The lowest BCUT2D eigenvalue weighted by atomic mass is 10.1. The van der Waals surface area contributed by atoms with Crippen LogP contribution < -0.4 is 0 Å². The lowest BCUT2D eigenvalue weighted by Gasteiger charge is -2.23. The van der Waals surface area contributed by atoms with Crippen LogP contribution in [-0.2, 0) is 17.7 Å². The molecule has 0 N–H and O–H groups in total. The summed E-state index contributed by atoms with van der Waals surface area (Å²) in [5.41, 5.74) is 1.69. The van der Waals surface area contributed by atoms with Crippen LogP contribution in [0.25, 0.3) is 11.0 Å². The summed E-state index contributed by atoms with van der Waals surface area (Å²) in [6.07, 6.45) is 5.55. The minimum atomic E-state index is -0.250. The first-order chi connectivity index (χ1) is 10.3. The van der Waals surface area contributed by atoms with Crippen LogP contribution in [0.2, 0.25) is 0 Å². The second-order valence-corrected chi connectivity index (χ2v) is 5.91. The standard InChI is InChI=1S/C16H20ClFN2O/c17-8-6-16-19-14-11-12(18)4-5-15(14)20(16)9-7-13-3-1-2-10-21-13/h4-5,11,13H,1-3,6-10H2. The number of aryl methyl sites for hydroxylation is 2. The highest BCUT2D eigenvalue weighted by molar-refractivity contribution is 6.17. The molecule has 3 rings (SSSR count). The highest BCUT2D eigenvalue weighted by Gasteiger charge is 2.16. The summed E-state index contributed by atoms with van der Waals surface area (Å²) in [4.78, 5) is 4.52. The number of nitrogens with zero attached hydrogens (tertiary/aromatic N) is 2. The predicted octanol–water partition coefficient (Wildman–Crippen LogP) is 3.92. The van der Waals surface area contributed by atoms with E-state index in [0.717, 1.165) is 37.3 Å². The van der Waals surface area contributed by atoms with Crippen molar-refractivity contribution in [2.75, 3.05) is 12.5 Å². The largest absolute Gasteiger partial charge is 0.378 e. The summed E-state index contributed by atoms with van der Waals surface area (Å²) in [5.74, 6) is 1.20. The van der Waals surface area contributed by atoms with Gasteiger partial charge in [0, 0.05) is 31.5 Å². The van der Waals surface area contributed by atoms with Crippen molar-refractivity contribution in [3.8, 4) is 0 Å². The van der Waals surface area contributed by atoms with Crippen LogP contribution in [0.3, 0.4) is 0 Å². The molecule has 1 fully saturated rings. The number of benzene rings is 1. The smallest absolute Gasteiger partial charge is 0.125 e. The van der Waals surface area contributed by atoms with Crippen LogP contribution in [0, 0.1) is 5.82 Å². The Balaban J connectivity index is 1.82. The molecular formula is C16H20ClFN2O. The van der Waals surface area contributed by atoms with Crippen molar-refractivity contribution in [1.29, 1.82) is 0 Å². The van der Waals surface area contributed by atoms with E-state index in [1.54, 1.807) is 6.07 Å².